The molecule has 110 valence electrons. The number of nitrogens with one attached hydrogen (secondary N) is 1. The van der Waals surface area contributed by atoms with E-state index in [4.69, 9.17) is 9.72 Å². The molecule has 1 aromatic heterocycles. The lowest BCUT2D eigenvalue weighted by Gasteiger charge is -2.17. The number of ether oxygens (including phenoxy) is 1. The van der Waals surface area contributed by atoms with Gasteiger partial charge >= 0.3 is 0 Å². The maximum Gasteiger partial charge on any atom is 0.0954 e. The number of benzene rings is 1. The average molecular weight is 292 g/mol. The van der Waals surface area contributed by atoms with Crippen molar-refractivity contribution in [3.8, 4) is 0 Å². The van der Waals surface area contributed by atoms with Crippen LogP contribution in [0.25, 0.3) is 10.2 Å². The van der Waals surface area contributed by atoms with E-state index in [0.717, 1.165) is 37.9 Å². The number of rotatable bonds is 9. The zero-order valence-corrected chi connectivity index (χ0v) is 13.2. The summed E-state index contributed by atoms with van der Waals surface area (Å²) in [6.45, 7) is 4.11. The average Bonchev–Trinajstić information content (AvgIpc) is 2.87. The summed E-state index contributed by atoms with van der Waals surface area (Å²) in [7, 11) is 1.77. The highest BCUT2D eigenvalue weighted by Crippen LogP contribution is 2.23. The second-order valence-electron chi connectivity index (χ2n) is 5.07. The Labute approximate surface area is 125 Å². The molecule has 1 N–H and O–H groups in total. The molecular weight excluding hydrogens is 268 g/mol. The van der Waals surface area contributed by atoms with Crippen molar-refractivity contribution in [1.29, 1.82) is 0 Å². The van der Waals surface area contributed by atoms with Crippen LogP contribution in [0, 0.1) is 0 Å². The highest BCUT2D eigenvalue weighted by atomic mass is 32.1. The van der Waals surface area contributed by atoms with Gasteiger partial charge in [-0.1, -0.05) is 19.1 Å². The molecule has 1 unspecified atom stereocenters. The predicted octanol–water partition coefficient (Wildman–Crippen LogP) is 3.63. The molecule has 1 atom stereocenters. The van der Waals surface area contributed by atoms with Crippen molar-refractivity contribution >= 4 is 21.6 Å². The Kier molecular flexibility index (Phi) is 6.43. The third kappa shape index (κ3) is 4.54. The van der Waals surface area contributed by atoms with Gasteiger partial charge in [-0.3, -0.25) is 0 Å². The van der Waals surface area contributed by atoms with Crippen molar-refractivity contribution in [3.05, 3.63) is 29.3 Å². The fourth-order valence-electron chi connectivity index (χ4n) is 2.32. The van der Waals surface area contributed by atoms with Crippen LogP contribution in [0.5, 0.6) is 0 Å². The largest absolute Gasteiger partial charge is 0.385 e. The molecule has 1 aromatic carbocycles. The van der Waals surface area contributed by atoms with Gasteiger partial charge in [0.05, 0.1) is 15.2 Å². The van der Waals surface area contributed by atoms with E-state index in [2.05, 4.69) is 36.5 Å². The first kappa shape index (κ1) is 15.4. The van der Waals surface area contributed by atoms with E-state index >= 15 is 0 Å². The highest BCUT2D eigenvalue weighted by molar-refractivity contribution is 7.18. The Hall–Kier alpha value is -0.970. The van der Waals surface area contributed by atoms with Crippen molar-refractivity contribution in [3.63, 3.8) is 0 Å². The Bertz CT molecular complexity index is 479. The Morgan fingerprint density at radius 1 is 1.35 bits per heavy atom. The first-order chi connectivity index (χ1) is 9.83. The Balaban J connectivity index is 1.97. The summed E-state index contributed by atoms with van der Waals surface area (Å²) in [6.07, 6.45) is 4.43. The second-order valence-corrected chi connectivity index (χ2v) is 6.18. The molecule has 0 fully saturated rings. The molecule has 2 aromatic rings. The zero-order chi connectivity index (χ0) is 14.2. The van der Waals surface area contributed by atoms with Crippen LogP contribution < -0.4 is 5.32 Å². The maximum absolute atomic E-state index is 5.15. The summed E-state index contributed by atoms with van der Waals surface area (Å²) >= 11 is 1.82. The Morgan fingerprint density at radius 3 is 2.95 bits per heavy atom. The molecule has 0 aliphatic carbocycles. The van der Waals surface area contributed by atoms with Gasteiger partial charge in [-0.05, 0) is 37.9 Å². The fraction of sp³-hybridized carbons (Fsp3) is 0.562. The van der Waals surface area contributed by atoms with E-state index in [1.54, 1.807) is 7.11 Å². The Morgan fingerprint density at radius 2 is 2.20 bits per heavy atom. The first-order valence-electron chi connectivity index (χ1n) is 7.40. The van der Waals surface area contributed by atoms with Gasteiger partial charge in [0.2, 0.25) is 0 Å². The van der Waals surface area contributed by atoms with Gasteiger partial charge in [-0.2, -0.15) is 0 Å². The number of hydrogen-bond donors (Lipinski definition) is 1. The molecule has 1 heterocycles. The number of thiazole rings is 1. The van der Waals surface area contributed by atoms with Crippen molar-refractivity contribution in [2.75, 3.05) is 20.3 Å². The van der Waals surface area contributed by atoms with Crippen LogP contribution in [0.4, 0.5) is 0 Å². The van der Waals surface area contributed by atoms with E-state index < -0.39 is 0 Å². The molecule has 20 heavy (non-hydrogen) atoms. The van der Waals surface area contributed by atoms with Crippen molar-refractivity contribution in [2.45, 2.75) is 38.6 Å². The molecule has 0 aliphatic rings. The van der Waals surface area contributed by atoms with E-state index in [0.29, 0.717) is 6.04 Å². The molecule has 2 rings (SSSR count). The summed E-state index contributed by atoms with van der Waals surface area (Å²) in [5, 5.41) is 4.87. The van der Waals surface area contributed by atoms with Crippen LogP contribution in [0.15, 0.2) is 24.3 Å². The van der Waals surface area contributed by atoms with Gasteiger partial charge < -0.3 is 10.1 Å². The van der Waals surface area contributed by atoms with Crippen molar-refractivity contribution in [2.24, 2.45) is 0 Å². The summed E-state index contributed by atoms with van der Waals surface area (Å²) in [5.41, 5.74) is 1.12. The smallest absolute Gasteiger partial charge is 0.0954 e. The molecule has 4 heteroatoms. The molecule has 0 amide bonds. The first-order valence-corrected chi connectivity index (χ1v) is 8.22. The van der Waals surface area contributed by atoms with Gasteiger partial charge in [-0.15, -0.1) is 11.3 Å². The van der Waals surface area contributed by atoms with Gasteiger partial charge in [-0.25, -0.2) is 4.98 Å². The molecule has 0 bridgehead atoms. The minimum atomic E-state index is 0.505. The summed E-state index contributed by atoms with van der Waals surface area (Å²) < 4.78 is 6.44. The summed E-state index contributed by atoms with van der Waals surface area (Å²) in [6, 6.07) is 8.88. The lowest BCUT2D eigenvalue weighted by Crippen LogP contribution is -2.32. The molecular formula is C16H24N2OS. The maximum atomic E-state index is 5.15. The fourth-order valence-corrected chi connectivity index (χ4v) is 3.36. The number of hydrogen-bond acceptors (Lipinski definition) is 4. The lowest BCUT2D eigenvalue weighted by molar-refractivity contribution is 0.188. The number of fused-ring (bicyclic) bond motifs is 1. The van der Waals surface area contributed by atoms with Crippen LogP contribution in [0.2, 0.25) is 0 Å². The van der Waals surface area contributed by atoms with E-state index in [1.165, 1.54) is 16.1 Å². The van der Waals surface area contributed by atoms with E-state index in [9.17, 15) is 0 Å². The monoisotopic (exact) mass is 292 g/mol. The number of nitrogens with zero attached hydrogens (tertiary/aromatic N) is 1. The lowest BCUT2D eigenvalue weighted by atomic mass is 10.1. The molecule has 3 nitrogen and oxygen atoms in total. The third-order valence-corrected chi connectivity index (χ3v) is 4.40. The normalized spacial score (nSPS) is 12.9. The van der Waals surface area contributed by atoms with E-state index in [-0.39, 0.29) is 0 Å². The van der Waals surface area contributed by atoms with Gasteiger partial charge in [0, 0.05) is 26.2 Å². The SMILES string of the molecule is CCCNC(CCCOC)Cc1nc2ccccc2s1. The zero-order valence-electron chi connectivity index (χ0n) is 12.4. The topological polar surface area (TPSA) is 34.1 Å². The molecule has 0 aliphatic heterocycles. The minimum Gasteiger partial charge on any atom is -0.385 e. The molecule has 0 radical (unpaired) electrons. The molecule has 0 spiro atoms. The van der Waals surface area contributed by atoms with Crippen LogP contribution in [-0.2, 0) is 11.2 Å². The number of para-hydroxylation sites is 1. The van der Waals surface area contributed by atoms with Gasteiger partial charge in [0.1, 0.15) is 0 Å². The van der Waals surface area contributed by atoms with E-state index in [1.807, 2.05) is 11.3 Å². The highest BCUT2D eigenvalue weighted by Gasteiger charge is 2.12. The van der Waals surface area contributed by atoms with Crippen molar-refractivity contribution in [1.82, 2.24) is 10.3 Å². The van der Waals surface area contributed by atoms with Crippen LogP contribution >= 0.6 is 11.3 Å². The third-order valence-electron chi connectivity index (χ3n) is 3.34. The standard InChI is InChI=1S/C16H24N2OS/c1-3-10-17-13(7-6-11-19-2)12-16-18-14-8-4-5-9-15(14)20-16/h4-5,8-9,13,17H,3,6-7,10-12H2,1-2H3. The summed E-state index contributed by atoms with van der Waals surface area (Å²) in [5.74, 6) is 0. The quantitative estimate of drug-likeness (QED) is 0.717. The van der Waals surface area contributed by atoms with Gasteiger partial charge in [0.15, 0.2) is 0 Å². The number of methoxy groups -OCH3 is 1. The molecule has 0 saturated carbocycles. The predicted molar refractivity (Wildman–Crippen MR) is 86.5 cm³/mol. The van der Waals surface area contributed by atoms with Crippen molar-refractivity contribution < 1.29 is 4.74 Å². The van der Waals surface area contributed by atoms with Crippen LogP contribution in [0.1, 0.15) is 31.2 Å². The van der Waals surface area contributed by atoms with Crippen LogP contribution in [0.3, 0.4) is 0 Å². The number of aromatic nitrogens is 1. The van der Waals surface area contributed by atoms with Gasteiger partial charge in [0.25, 0.3) is 0 Å². The van der Waals surface area contributed by atoms with Crippen LogP contribution in [-0.4, -0.2) is 31.3 Å². The second kappa shape index (κ2) is 8.35. The molecule has 0 saturated heterocycles. The summed E-state index contributed by atoms with van der Waals surface area (Å²) in [4.78, 5) is 4.74. The minimum absolute atomic E-state index is 0.505.